The van der Waals surface area contributed by atoms with Crippen LogP contribution in [0.1, 0.15) is 30.0 Å². The van der Waals surface area contributed by atoms with Crippen LogP contribution >= 0.6 is 0 Å². The fourth-order valence-corrected chi connectivity index (χ4v) is 2.15. The Morgan fingerprint density at radius 3 is 2.75 bits per heavy atom. The molecular weight excluding hydrogens is 251 g/mol. The summed E-state index contributed by atoms with van der Waals surface area (Å²) in [5, 5.41) is 12.2. The number of halogens is 1. The van der Waals surface area contributed by atoms with Crippen LogP contribution in [0.3, 0.4) is 0 Å². The first-order valence-corrected chi connectivity index (χ1v) is 6.75. The quantitative estimate of drug-likeness (QED) is 0.879. The van der Waals surface area contributed by atoms with Crippen molar-refractivity contribution < 1.29 is 4.39 Å². The van der Waals surface area contributed by atoms with Gasteiger partial charge in [-0.1, -0.05) is 37.6 Å². The second kappa shape index (κ2) is 6.72. The molecule has 0 aliphatic carbocycles. The maximum atomic E-state index is 13.3. The zero-order valence-corrected chi connectivity index (χ0v) is 11.5. The van der Waals surface area contributed by atoms with E-state index >= 15 is 0 Å². The largest absolute Gasteiger partial charge is 0.381 e. The van der Waals surface area contributed by atoms with Crippen molar-refractivity contribution in [2.45, 2.75) is 26.3 Å². The Labute approximate surface area is 118 Å². The van der Waals surface area contributed by atoms with E-state index < -0.39 is 5.82 Å². The zero-order valence-electron chi connectivity index (χ0n) is 11.5. The van der Waals surface area contributed by atoms with E-state index in [0.717, 1.165) is 24.1 Å². The second-order valence-corrected chi connectivity index (χ2v) is 4.69. The number of nitriles is 1. The number of hydrogen-bond acceptors (Lipinski definition) is 2. The lowest BCUT2D eigenvalue weighted by Gasteiger charge is -2.11. The molecule has 0 aliphatic heterocycles. The lowest BCUT2D eigenvalue weighted by molar-refractivity contribution is 0.623. The SMILES string of the molecule is CCCc1ccccc1NCc1ccc(F)c(C#N)c1. The molecular formula is C17H17FN2. The van der Waals surface area contributed by atoms with Gasteiger partial charge in [-0.3, -0.25) is 0 Å². The Kier molecular flexibility index (Phi) is 4.73. The fraction of sp³-hybridized carbons (Fsp3) is 0.235. The summed E-state index contributed by atoms with van der Waals surface area (Å²) in [6.45, 7) is 2.73. The Morgan fingerprint density at radius 1 is 1.20 bits per heavy atom. The first-order chi connectivity index (χ1) is 9.74. The van der Waals surface area contributed by atoms with Crippen molar-refractivity contribution in [2.75, 3.05) is 5.32 Å². The number of para-hydroxylation sites is 1. The van der Waals surface area contributed by atoms with E-state index in [1.165, 1.54) is 11.6 Å². The third kappa shape index (κ3) is 3.36. The molecule has 0 saturated heterocycles. The van der Waals surface area contributed by atoms with Crippen LogP contribution in [-0.4, -0.2) is 0 Å². The molecule has 2 aromatic carbocycles. The summed E-state index contributed by atoms with van der Waals surface area (Å²) < 4.78 is 13.3. The van der Waals surface area contributed by atoms with Gasteiger partial charge in [-0.2, -0.15) is 5.26 Å². The molecule has 102 valence electrons. The monoisotopic (exact) mass is 268 g/mol. The standard InChI is InChI=1S/C17H17FN2/c1-2-5-14-6-3-4-7-17(14)20-12-13-8-9-16(18)15(10-13)11-19/h3-4,6-10,20H,2,5,12H2,1H3. The molecule has 0 fully saturated rings. The molecule has 0 atom stereocenters. The van der Waals surface area contributed by atoms with Crippen LogP contribution in [-0.2, 0) is 13.0 Å². The van der Waals surface area contributed by atoms with Crippen molar-refractivity contribution >= 4 is 5.69 Å². The highest BCUT2D eigenvalue weighted by Crippen LogP contribution is 2.18. The van der Waals surface area contributed by atoms with Gasteiger partial charge in [0, 0.05) is 12.2 Å². The number of nitrogens with one attached hydrogen (secondary N) is 1. The molecule has 0 radical (unpaired) electrons. The van der Waals surface area contributed by atoms with Crippen LogP contribution in [0.2, 0.25) is 0 Å². The third-order valence-corrected chi connectivity index (χ3v) is 3.17. The van der Waals surface area contributed by atoms with Crippen molar-refractivity contribution in [2.24, 2.45) is 0 Å². The van der Waals surface area contributed by atoms with Gasteiger partial charge in [-0.25, -0.2) is 4.39 Å². The molecule has 0 bridgehead atoms. The Morgan fingerprint density at radius 2 is 2.00 bits per heavy atom. The van der Waals surface area contributed by atoms with E-state index in [-0.39, 0.29) is 5.56 Å². The van der Waals surface area contributed by atoms with Crippen molar-refractivity contribution in [3.05, 3.63) is 65.0 Å². The van der Waals surface area contributed by atoms with Gasteiger partial charge < -0.3 is 5.32 Å². The van der Waals surface area contributed by atoms with E-state index in [1.807, 2.05) is 24.3 Å². The Hall–Kier alpha value is -2.34. The van der Waals surface area contributed by atoms with Crippen molar-refractivity contribution in [1.29, 1.82) is 5.26 Å². The normalized spacial score (nSPS) is 10.1. The molecule has 0 saturated carbocycles. The van der Waals surface area contributed by atoms with Gasteiger partial charge in [0.1, 0.15) is 11.9 Å². The second-order valence-electron chi connectivity index (χ2n) is 4.69. The van der Waals surface area contributed by atoms with Gasteiger partial charge in [-0.05, 0) is 35.7 Å². The smallest absolute Gasteiger partial charge is 0.140 e. The maximum absolute atomic E-state index is 13.3. The number of benzene rings is 2. The summed E-state index contributed by atoms with van der Waals surface area (Å²) >= 11 is 0. The van der Waals surface area contributed by atoms with E-state index in [1.54, 1.807) is 12.1 Å². The first-order valence-electron chi connectivity index (χ1n) is 6.75. The van der Waals surface area contributed by atoms with Crippen LogP contribution in [0.15, 0.2) is 42.5 Å². The lowest BCUT2D eigenvalue weighted by atomic mass is 10.1. The van der Waals surface area contributed by atoms with Gasteiger partial charge in [0.25, 0.3) is 0 Å². The molecule has 2 aromatic rings. The van der Waals surface area contributed by atoms with Gasteiger partial charge in [0.2, 0.25) is 0 Å². The lowest BCUT2D eigenvalue weighted by Crippen LogP contribution is -2.03. The highest BCUT2D eigenvalue weighted by Gasteiger charge is 2.04. The summed E-state index contributed by atoms with van der Waals surface area (Å²) in [4.78, 5) is 0. The van der Waals surface area contributed by atoms with E-state index in [2.05, 4.69) is 18.3 Å². The Bertz CT molecular complexity index is 629. The van der Waals surface area contributed by atoms with Crippen LogP contribution < -0.4 is 5.32 Å². The van der Waals surface area contributed by atoms with E-state index in [9.17, 15) is 4.39 Å². The molecule has 0 aromatic heterocycles. The maximum Gasteiger partial charge on any atom is 0.140 e. The average Bonchev–Trinajstić information content (AvgIpc) is 2.48. The van der Waals surface area contributed by atoms with Gasteiger partial charge in [0.05, 0.1) is 5.56 Å². The molecule has 0 heterocycles. The molecule has 0 amide bonds. The van der Waals surface area contributed by atoms with Gasteiger partial charge in [-0.15, -0.1) is 0 Å². The molecule has 3 heteroatoms. The minimum Gasteiger partial charge on any atom is -0.381 e. The molecule has 2 nitrogen and oxygen atoms in total. The summed E-state index contributed by atoms with van der Waals surface area (Å²) in [7, 11) is 0. The van der Waals surface area contributed by atoms with Gasteiger partial charge in [0.15, 0.2) is 0 Å². The van der Waals surface area contributed by atoms with Crippen molar-refractivity contribution in [3.8, 4) is 6.07 Å². The summed E-state index contributed by atoms with van der Waals surface area (Å²) in [6.07, 6.45) is 2.11. The molecule has 20 heavy (non-hydrogen) atoms. The molecule has 0 aliphatic rings. The minimum atomic E-state index is -0.470. The topological polar surface area (TPSA) is 35.8 Å². The van der Waals surface area contributed by atoms with Crippen LogP contribution in [0.5, 0.6) is 0 Å². The fourth-order valence-electron chi connectivity index (χ4n) is 2.15. The number of nitrogens with zero attached hydrogens (tertiary/aromatic N) is 1. The highest BCUT2D eigenvalue weighted by atomic mass is 19.1. The molecule has 1 N–H and O–H groups in total. The van der Waals surface area contributed by atoms with Gasteiger partial charge >= 0.3 is 0 Å². The van der Waals surface area contributed by atoms with Crippen LogP contribution in [0.25, 0.3) is 0 Å². The van der Waals surface area contributed by atoms with Crippen LogP contribution in [0, 0.1) is 17.1 Å². The number of hydrogen-bond donors (Lipinski definition) is 1. The van der Waals surface area contributed by atoms with Crippen molar-refractivity contribution in [1.82, 2.24) is 0 Å². The Balaban J connectivity index is 2.11. The molecule has 2 rings (SSSR count). The summed E-state index contributed by atoms with van der Waals surface area (Å²) in [5.74, 6) is -0.470. The average molecular weight is 268 g/mol. The number of anilines is 1. The third-order valence-electron chi connectivity index (χ3n) is 3.17. The minimum absolute atomic E-state index is 0.0890. The first kappa shape index (κ1) is 14.1. The van der Waals surface area contributed by atoms with E-state index in [0.29, 0.717) is 6.54 Å². The molecule has 0 unspecified atom stereocenters. The zero-order chi connectivity index (χ0) is 14.4. The van der Waals surface area contributed by atoms with Crippen molar-refractivity contribution in [3.63, 3.8) is 0 Å². The van der Waals surface area contributed by atoms with E-state index in [4.69, 9.17) is 5.26 Å². The predicted molar refractivity (Wildman–Crippen MR) is 78.9 cm³/mol. The number of rotatable bonds is 5. The number of aryl methyl sites for hydroxylation is 1. The molecule has 0 spiro atoms. The summed E-state index contributed by atoms with van der Waals surface area (Å²) in [5.41, 5.74) is 3.36. The van der Waals surface area contributed by atoms with Crippen LogP contribution in [0.4, 0.5) is 10.1 Å². The predicted octanol–water partition coefficient (Wildman–Crippen LogP) is 4.26. The highest BCUT2D eigenvalue weighted by molar-refractivity contribution is 5.51. The summed E-state index contributed by atoms with van der Waals surface area (Å²) in [6, 6.07) is 14.7.